The zero-order valence-electron chi connectivity index (χ0n) is 15.9. The predicted octanol–water partition coefficient (Wildman–Crippen LogP) is 0.611. The highest BCUT2D eigenvalue weighted by atomic mass is 16.6. The third-order valence-corrected chi connectivity index (χ3v) is 2.48. The van der Waals surface area contributed by atoms with Gasteiger partial charge in [0.1, 0.15) is 25.4 Å². The van der Waals surface area contributed by atoms with Gasteiger partial charge >= 0.3 is 17.9 Å². The van der Waals surface area contributed by atoms with Crippen molar-refractivity contribution in [3.05, 3.63) is 36.5 Å². The molecule has 3 N–H and O–H groups in total. The van der Waals surface area contributed by atoms with E-state index in [-0.39, 0.29) is 29.8 Å². The summed E-state index contributed by atoms with van der Waals surface area (Å²) >= 11 is 0. The van der Waals surface area contributed by atoms with Gasteiger partial charge in [0.15, 0.2) is 0 Å². The molecule has 1 aliphatic heterocycles. The number of carbonyl (C=O) groups is 3. The Kier molecular flexibility index (Phi) is 14.5. The number of epoxide rings is 1. The molecule has 27 heavy (non-hydrogen) atoms. The van der Waals surface area contributed by atoms with Crippen LogP contribution in [0.5, 0.6) is 0 Å². The van der Waals surface area contributed by atoms with Crippen LogP contribution in [0.1, 0.15) is 20.8 Å². The molecule has 9 nitrogen and oxygen atoms in total. The van der Waals surface area contributed by atoms with Crippen LogP contribution in [0.2, 0.25) is 0 Å². The van der Waals surface area contributed by atoms with E-state index < -0.39 is 24.6 Å². The van der Waals surface area contributed by atoms with Crippen LogP contribution in [-0.2, 0) is 28.6 Å². The molecule has 0 radical (unpaired) electrons. The minimum absolute atomic E-state index is 0.142. The number of hydrogen-bond donors (Lipinski definition) is 3. The first-order valence-corrected chi connectivity index (χ1v) is 7.86. The van der Waals surface area contributed by atoms with E-state index in [0.29, 0.717) is 18.8 Å². The molecule has 1 fully saturated rings. The summed E-state index contributed by atoms with van der Waals surface area (Å²) in [4.78, 5) is 30.9. The van der Waals surface area contributed by atoms with Gasteiger partial charge in [-0.1, -0.05) is 19.7 Å². The summed E-state index contributed by atoms with van der Waals surface area (Å²) < 4.78 is 14.1. The van der Waals surface area contributed by atoms with Crippen LogP contribution in [0.15, 0.2) is 36.5 Å². The van der Waals surface area contributed by atoms with Crippen LogP contribution < -0.4 is 0 Å². The zero-order chi connectivity index (χ0) is 21.6. The van der Waals surface area contributed by atoms with Crippen LogP contribution in [-0.4, -0.2) is 71.9 Å². The number of carboxylic acids is 1. The lowest BCUT2D eigenvalue weighted by molar-refractivity contribution is -0.142. The highest BCUT2D eigenvalue weighted by Gasteiger charge is 2.24. The van der Waals surface area contributed by atoms with E-state index in [1.165, 1.54) is 13.8 Å². The lowest BCUT2D eigenvalue weighted by Gasteiger charge is -2.07. The Morgan fingerprint density at radius 2 is 1.44 bits per heavy atom. The van der Waals surface area contributed by atoms with Gasteiger partial charge in [0, 0.05) is 16.7 Å². The number of ether oxygens (including phenoxy) is 3. The molecule has 0 aromatic heterocycles. The van der Waals surface area contributed by atoms with Gasteiger partial charge in [-0.05, 0) is 20.8 Å². The molecule has 1 aliphatic rings. The zero-order valence-corrected chi connectivity index (χ0v) is 15.9. The van der Waals surface area contributed by atoms with Crippen LogP contribution in [0, 0.1) is 0 Å². The Morgan fingerprint density at radius 3 is 1.74 bits per heavy atom. The molecule has 0 aromatic rings. The van der Waals surface area contributed by atoms with Crippen molar-refractivity contribution in [3.63, 3.8) is 0 Å². The number of hydrogen-bond acceptors (Lipinski definition) is 8. The lowest BCUT2D eigenvalue weighted by Crippen LogP contribution is -2.22. The Balaban J connectivity index is 0. The number of esters is 2. The molecular formula is C18H28O9. The van der Waals surface area contributed by atoms with Gasteiger partial charge in [-0.2, -0.15) is 0 Å². The van der Waals surface area contributed by atoms with E-state index in [1.54, 1.807) is 6.92 Å². The van der Waals surface area contributed by atoms with Gasteiger partial charge in [0.25, 0.3) is 0 Å². The fourth-order valence-electron chi connectivity index (χ4n) is 0.804. The Bertz CT molecular complexity index is 535. The van der Waals surface area contributed by atoms with E-state index in [0.717, 1.165) is 0 Å². The second-order valence-corrected chi connectivity index (χ2v) is 5.63. The summed E-state index contributed by atoms with van der Waals surface area (Å²) in [6.07, 6.45) is -0.860. The highest BCUT2D eigenvalue weighted by Crippen LogP contribution is 2.09. The normalized spacial score (nSPS) is 14.8. The molecule has 2 atom stereocenters. The van der Waals surface area contributed by atoms with Crippen LogP contribution in [0.3, 0.4) is 0 Å². The van der Waals surface area contributed by atoms with Crippen molar-refractivity contribution in [1.82, 2.24) is 0 Å². The summed E-state index contributed by atoms with van der Waals surface area (Å²) in [6, 6.07) is 0. The van der Waals surface area contributed by atoms with Crippen molar-refractivity contribution < 1.29 is 43.9 Å². The second-order valence-electron chi connectivity index (χ2n) is 5.63. The maximum Gasteiger partial charge on any atom is 0.333 e. The number of carboxylic acid groups (broad SMARTS) is 1. The average molecular weight is 388 g/mol. The maximum atomic E-state index is 10.7. The SMILES string of the molecule is C=C(C)C(=O)O.C=C(C)C(=O)OCC(O)CO.C=C(C)C(=O)OCC1CO1. The standard InChI is InChI=1S/C7H12O4.C7H10O3.C4H6O2/c1-5(2)7(10)11-4-6(9)3-8;1-5(2)7(8)10-4-6-3-9-6;1-3(2)4(5)6/h6,8-9H,1,3-4H2,2H3;6H,1,3-4H2,2H3;1H2,2H3,(H,5,6). The third kappa shape index (κ3) is 18.1. The van der Waals surface area contributed by atoms with Crippen molar-refractivity contribution in [2.75, 3.05) is 26.4 Å². The van der Waals surface area contributed by atoms with Crippen LogP contribution >= 0.6 is 0 Å². The fourth-order valence-corrected chi connectivity index (χ4v) is 0.804. The number of aliphatic hydroxyl groups excluding tert-OH is 2. The lowest BCUT2D eigenvalue weighted by atomic mass is 10.3. The van der Waals surface area contributed by atoms with Crippen molar-refractivity contribution in [2.24, 2.45) is 0 Å². The van der Waals surface area contributed by atoms with Crippen molar-refractivity contribution in [2.45, 2.75) is 33.0 Å². The quantitative estimate of drug-likeness (QED) is 0.309. The monoisotopic (exact) mass is 388 g/mol. The van der Waals surface area contributed by atoms with Gasteiger partial charge in [-0.25, -0.2) is 14.4 Å². The summed E-state index contributed by atoms with van der Waals surface area (Å²) in [5.74, 6) is -1.83. The fraction of sp³-hybridized carbons (Fsp3) is 0.500. The van der Waals surface area contributed by atoms with E-state index in [1.807, 2.05) is 0 Å². The molecule has 154 valence electrons. The molecule has 1 rings (SSSR count). The van der Waals surface area contributed by atoms with Gasteiger partial charge in [-0.3, -0.25) is 0 Å². The maximum absolute atomic E-state index is 10.7. The van der Waals surface area contributed by atoms with E-state index >= 15 is 0 Å². The minimum Gasteiger partial charge on any atom is -0.478 e. The first kappa shape index (κ1) is 26.7. The molecule has 0 spiro atoms. The molecule has 9 heteroatoms. The molecule has 1 saturated heterocycles. The summed E-state index contributed by atoms with van der Waals surface area (Å²) in [5, 5.41) is 24.9. The Labute approximate surface area is 158 Å². The predicted molar refractivity (Wildman–Crippen MR) is 96.8 cm³/mol. The largest absolute Gasteiger partial charge is 0.478 e. The minimum atomic E-state index is -1.00. The molecule has 0 aromatic carbocycles. The number of rotatable bonds is 8. The van der Waals surface area contributed by atoms with Gasteiger partial charge in [0.2, 0.25) is 0 Å². The van der Waals surface area contributed by atoms with E-state index in [2.05, 4.69) is 24.5 Å². The number of aliphatic carboxylic acids is 1. The third-order valence-electron chi connectivity index (χ3n) is 2.48. The summed E-state index contributed by atoms with van der Waals surface area (Å²) in [5.41, 5.74) is 0.880. The smallest absolute Gasteiger partial charge is 0.333 e. The van der Waals surface area contributed by atoms with E-state index in [9.17, 15) is 14.4 Å². The molecule has 0 bridgehead atoms. The van der Waals surface area contributed by atoms with Crippen molar-refractivity contribution in [1.29, 1.82) is 0 Å². The van der Waals surface area contributed by atoms with Gasteiger partial charge in [-0.15, -0.1) is 0 Å². The van der Waals surface area contributed by atoms with Gasteiger partial charge < -0.3 is 29.5 Å². The molecule has 0 amide bonds. The summed E-state index contributed by atoms with van der Waals surface area (Å²) in [7, 11) is 0. The first-order valence-electron chi connectivity index (χ1n) is 7.86. The van der Waals surface area contributed by atoms with E-state index in [4.69, 9.17) is 24.8 Å². The first-order chi connectivity index (χ1) is 12.4. The van der Waals surface area contributed by atoms with Crippen molar-refractivity contribution >= 4 is 17.9 Å². The topological polar surface area (TPSA) is 143 Å². The summed E-state index contributed by atoms with van der Waals surface area (Å²) in [6.45, 7) is 15.0. The molecule has 1 heterocycles. The number of carbonyl (C=O) groups excluding carboxylic acids is 2. The molecular weight excluding hydrogens is 360 g/mol. The average Bonchev–Trinajstić information content (AvgIpc) is 3.42. The highest BCUT2D eigenvalue weighted by molar-refractivity contribution is 5.87. The second kappa shape index (κ2) is 14.7. The Morgan fingerprint density at radius 1 is 1.04 bits per heavy atom. The van der Waals surface area contributed by atoms with Gasteiger partial charge in [0.05, 0.1) is 13.2 Å². The Hall–Kier alpha value is -2.49. The molecule has 2 unspecified atom stereocenters. The van der Waals surface area contributed by atoms with Crippen molar-refractivity contribution in [3.8, 4) is 0 Å². The van der Waals surface area contributed by atoms with Crippen LogP contribution in [0.25, 0.3) is 0 Å². The molecule has 0 aliphatic carbocycles. The van der Waals surface area contributed by atoms with Crippen LogP contribution in [0.4, 0.5) is 0 Å². The molecule has 0 saturated carbocycles. The number of aliphatic hydroxyl groups is 2.